The van der Waals surface area contributed by atoms with Gasteiger partial charge in [0.1, 0.15) is 11.6 Å². The molecule has 5 nitrogen and oxygen atoms in total. The number of likely N-dealkylation sites (N-methyl/N-ethyl adjacent to an activating group) is 1. The predicted molar refractivity (Wildman–Crippen MR) is 64.6 cm³/mol. The van der Waals surface area contributed by atoms with Gasteiger partial charge in [0.15, 0.2) is 0 Å². The van der Waals surface area contributed by atoms with Gasteiger partial charge in [-0.05, 0) is 40.5 Å². The minimum atomic E-state index is -0.535. The van der Waals surface area contributed by atoms with Crippen LogP contribution in [0.5, 0.6) is 0 Å². The molecule has 0 aromatic carbocycles. The first kappa shape index (κ1) is 13.8. The van der Waals surface area contributed by atoms with E-state index in [1.165, 1.54) is 0 Å². The van der Waals surface area contributed by atoms with Gasteiger partial charge in [-0.25, -0.2) is 4.79 Å². The molecule has 2 unspecified atom stereocenters. The van der Waals surface area contributed by atoms with E-state index in [4.69, 9.17) is 4.74 Å². The van der Waals surface area contributed by atoms with E-state index in [2.05, 4.69) is 5.32 Å². The number of nitrogens with zero attached hydrogens (tertiary/aromatic N) is 1. The molecule has 5 heteroatoms. The fraction of sp³-hybridized carbons (Fsp3) is 0.833. The summed E-state index contributed by atoms with van der Waals surface area (Å²) in [6.07, 6.45) is 1.12. The van der Waals surface area contributed by atoms with E-state index in [1.54, 1.807) is 11.9 Å². The van der Waals surface area contributed by atoms with Crippen molar-refractivity contribution in [2.24, 2.45) is 0 Å². The summed E-state index contributed by atoms with van der Waals surface area (Å²) in [5.41, 5.74) is -0.535. The van der Waals surface area contributed by atoms with Crippen LogP contribution in [0.15, 0.2) is 0 Å². The van der Waals surface area contributed by atoms with E-state index in [0.29, 0.717) is 6.42 Å². The summed E-state index contributed by atoms with van der Waals surface area (Å²) in [4.78, 5) is 25.3. The number of nitrogens with one attached hydrogen (secondary N) is 1. The van der Waals surface area contributed by atoms with Gasteiger partial charge >= 0.3 is 6.09 Å². The highest BCUT2D eigenvalue weighted by Crippen LogP contribution is 2.26. The molecule has 1 rings (SSSR count). The number of hydrogen-bond donors (Lipinski definition) is 1. The lowest BCUT2D eigenvalue weighted by Gasteiger charge is -2.30. The lowest BCUT2D eigenvalue weighted by Crippen LogP contribution is -2.49. The maximum atomic E-state index is 12.0. The first-order valence-corrected chi connectivity index (χ1v) is 5.99. The fourth-order valence-corrected chi connectivity index (χ4v) is 2.03. The Kier molecular flexibility index (Phi) is 4.01. The minimum Gasteiger partial charge on any atom is -0.444 e. The lowest BCUT2D eigenvalue weighted by atomic mass is 10.2. The smallest absolute Gasteiger partial charge is 0.411 e. The Morgan fingerprint density at radius 3 is 2.35 bits per heavy atom. The molecule has 1 heterocycles. The molecule has 2 atom stereocenters. The van der Waals surface area contributed by atoms with Crippen molar-refractivity contribution in [3.05, 3.63) is 0 Å². The van der Waals surface area contributed by atoms with Crippen LogP contribution in [0.3, 0.4) is 0 Å². The van der Waals surface area contributed by atoms with Crippen LogP contribution in [0.1, 0.15) is 40.5 Å². The second-order valence-corrected chi connectivity index (χ2v) is 5.44. The van der Waals surface area contributed by atoms with E-state index in [-0.39, 0.29) is 11.9 Å². The summed E-state index contributed by atoms with van der Waals surface area (Å²) in [6, 6.07) is -0.350. The van der Waals surface area contributed by atoms with Crippen molar-refractivity contribution < 1.29 is 14.3 Å². The molecule has 0 saturated carbocycles. The molecular formula is C12H22N2O3. The second-order valence-electron chi connectivity index (χ2n) is 5.44. The normalized spacial score (nSPS) is 24.6. The van der Waals surface area contributed by atoms with Crippen molar-refractivity contribution in [1.82, 2.24) is 10.2 Å². The molecule has 1 aliphatic rings. The Labute approximate surface area is 102 Å². The van der Waals surface area contributed by atoms with Crippen LogP contribution in [0.2, 0.25) is 0 Å². The number of carbonyl (C=O) groups is 2. The molecule has 1 saturated heterocycles. The number of amides is 2. The second kappa shape index (κ2) is 4.94. The van der Waals surface area contributed by atoms with Crippen LogP contribution >= 0.6 is 0 Å². The maximum Gasteiger partial charge on any atom is 0.411 e. The Hall–Kier alpha value is -1.26. The molecule has 1 aliphatic heterocycles. The zero-order valence-electron chi connectivity index (χ0n) is 11.2. The van der Waals surface area contributed by atoms with Crippen LogP contribution in [0.4, 0.5) is 4.79 Å². The summed E-state index contributed by atoms with van der Waals surface area (Å²) in [5, 5.41) is 2.59. The number of ether oxygens (including phenoxy) is 1. The molecule has 1 fully saturated rings. The van der Waals surface area contributed by atoms with Crippen LogP contribution in [-0.2, 0) is 9.53 Å². The standard InChI is InChI=1S/C12H22N2O3/c1-8-6-7-9(10(15)13-5)14(8)11(16)17-12(2,3)4/h8-9H,6-7H2,1-5H3,(H,13,15). The third kappa shape index (κ3) is 3.35. The van der Waals surface area contributed by atoms with Crippen molar-refractivity contribution in [2.45, 2.75) is 58.2 Å². The average Bonchev–Trinajstić information content (AvgIpc) is 2.56. The highest BCUT2D eigenvalue weighted by Gasteiger charge is 2.40. The van der Waals surface area contributed by atoms with Gasteiger partial charge in [-0.2, -0.15) is 0 Å². The van der Waals surface area contributed by atoms with Gasteiger partial charge in [-0.15, -0.1) is 0 Å². The monoisotopic (exact) mass is 242 g/mol. The minimum absolute atomic E-state index is 0.0483. The van der Waals surface area contributed by atoms with Crippen molar-refractivity contribution >= 4 is 12.0 Å². The summed E-state index contributed by atoms with van der Waals surface area (Å²) in [6.45, 7) is 7.40. The summed E-state index contributed by atoms with van der Waals surface area (Å²) >= 11 is 0. The Morgan fingerprint density at radius 1 is 1.29 bits per heavy atom. The molecular weight excluding hydrogens is 220 g/mol. The van der Waals surface area contributed by atoms with E-state index in [9.17, 15) is 9.59 Å². The average molecular weight is 242 g/mol. The van der Waals surface area contributed by atoms with Gasteiger partial charge in [0, 0.05) is 13.1 Å². The van der Waals surface area contributed by atoms with Crippen LogP contribution in [-0.4, -0.2) is 41.6 Å². The molecule has 0 aromatic rings. The SMILES string of the molecule is CNC(=O)C1CCC(C)N1C(=O)OC(C)(C)C. The Morgan fingerprint density at radius 2 is 1.88 bits per heavy atom. The van der Waals surface area contributed by atoms with E-state index < -0.39 is 17.7 Å². The van der Waals surface area contributed by atoms with Gasteiger partial charge in [-0.1, -0.05) is 0 Å². The summed E-state index contributed by atoms with van der Waals surface area (Å²) < 4.78 is 5.32. The summed E-state index contributed by atoms with van der Waals surface area (Å²) in [7, 11) is 1.58. The van der Waals surface area contributed by atoms with Crippen LogP contribution in [0.25, 0.3) is 0 Å². The zero-order valence-corrected chi connectivity index (χ0v) is 11.2. The third-order valence-corrected chi connectivity index (χ3v) is 2.82. The maximum absolute atomic E-state index is 12.0. The topological polar surface area (TPSA) is 58.6 Å². The van der Waals surface area contributed by atoms with Gasteiger partial charge in [0.25, 0.3) is 0 Å². The molecule has 0 aromatic heterocycles. The molecule has 17 heavy (non-hydrogen) atoms. The van der Waals surface area contributed by atoms with Gasteiger partial charge < -0.3 is 10.1 Å². The first-order chi connectivity index (χ1) is 7.76. The fourth-order valence-electron chi connectivity index (χ4n) is 2.03. The van der Waals surface area contributed by atoms with E-state index >= 15 is 0 Å². The van der Waals surface area contributed by atoms with Crippen molar-refractivity contribution in [3.8, 4) is 0 Å². The van der Waals surface area contributed by atoms with Crippen LogP contribution in [0, 0.1) is 0 Å². The number of hydrogen-bond acceptors (Lipinski definition) is 3. The first-order valence-electron chi connectivity index (χ1n) is 5.99. The van der Waals surface area contributed by atoms with Crippen molar-refractivity contribution in [1.29, 1.82) is 0 Å². The molecule has 2 amide bonds. The molecule has 1 N–H and O–H groups in total. The zero-order chi connectivity index (χ0) is 13.2. The molecule has 0 spiro atoms. The predicted octanol–water partition coefficient (Wildman–Crippen LogP) is 1.52. The van der Waals surface area contributed by atoms with Gasteiger partial charge in [-0.3, -0.25) is 9.69 Å². The Bertz CT molecular complexity index is 309. The van der Waals surface area contributed by atoms with Crippen LogP contribution < -0.4 is 5.32 Å². The largest absolute Gasteiger partial charge is 0.444 e. The van der Waals surface area contributed by atoms with E-state index in [0.717, 1.165) is 6.42 Å². The Balaban J connectivity index is 2.78. The molecule has 98 valence electrons. The van der Waals surface area contributed by atoms with Gasteiger partial charge in [0.05, 0.1) is 0 Å². The lowest BCUT2D eigenvalue weighted by molar-refractivity contribution is -0.125. The van der Waals surface area contributed by atoms with E-state index in [1.807, 2.05) is 27.7 Å². The number of likely N-dealkylation sites (tertiary alicyclic amines) is 1. The van der Waals surface area contributed by atoms with Gasteiger partial charge in [0.2, 0.25) is 5.91 Å². The quantitative estimate of drug-likeness (QED) is 0.758. The van der Waals surface area contributed by atoms with Crippen molar-refractivity contribution in [2.75, 3.05) is 7.05 Å². The number of rotatable bonds is 1. The molecule has 0 aliphatic carbocycles. The highest BCUT2D eigenvalue weighted by molar-refractivity contribution is 5.86. The molecule has 0 bridgehead atoms. The molecule has 0 radical (unpaired) electrons. The highest BCUT2D eigenvalue weighted by atomic mass is 16.6. The number of carbonyl (C=O) groups excluding carboxylic acids is 2. The third-order valence-electron chi connectivity index (χ3n) is 2.82. The van der Waals surface area contributed by atoms with Crippen molar-refractivity contribution in [3.63, 3.8) is 0 Å². The summed E-state index contributed by atoms with van der Waals surface area (Å²) in [5.74, 6) is -0.125.